The number of pyridine rings is 1. The molecule has 9 heteroatoms. The van der Waals surface area contributed by atoms with Gasteiger partial charge in [-0.15, -0.1) is 0 Å². The van der Waals surface area contributed by atoms with Crippen molar-refractivity contribution in [2.24, 2.45) is 7.05 Å². The molecule has 37 heavy (non-hydrogen) atoms. The fraction of sp³-hybridized carbons (Fsp3) is 0.179. The number of H-pyrrole nitrogens is 1. The molecule has 7 nitrogen and oxygen atoms in total. The molecule has 0 saturated carbocycles. The Morgan fingerprint density at radius 1 is 1.11 bits per heavy atom. The van der Waals surface area contributed by atoms with Crippen LogP contribution in [-0.4, -0.2) is 38.6 Å². The van der Waals surface area contributed by atoms with Crippen molar-refractivity contribution in [2.75, 3.05) is 13.7 Å². The van der Waals surface area contributed by atoms with Crippen LogP contribution in [0.25, 0.3) is 22.0 Å². The van der Waals surface area contributed by atoms with Crippen LogP contribution in [0.4, 0.5) is 0 Å². The highest BCUT2D eigenvalue weighted by Crippen LogP contribution is 2.41. The van der Waals surface area contributed by atoms with E-state index < -0.39 is 5.60 Å². The van der Waals surface area contributed by atoms with E-state index in [1.54, 1.807) is 36.9 Å². The van der Waals surface area contributed by atoms with Gasteiger partial charge in [0, 0.05) is 24.9 Å². The molecule has 0 saturated heterocycles. The molecule has 3 aromatic carbocycles. The second-order valence-electron chi connectivity index (χ2n) is 9.01. The quantitative estimate of drug-likeness (QED) is 0.290. The molecular weight excluding hydrogens is 508 g/mol. The molecule has 1 atom stereocenters. The van der Waals surface area contributed by atoms with E-state index in [1.165, 1.54) is 0 Å². The Kier molecular flexibility index (Phi) is 5.75. The Hall–Kier alpha value is -3.72. The zero-order chi connectivity index (χ0) is 25.7. The third-order valence-corrected chi connectivity index (χ3v) is 7.53. The predicted molar refractivity (Wildman–Crippen MR) is 145 cm³/mol. The first kappa shape index (κ1) is 23.7. The molecule has 2 N–H and O–H groups in total. The molecule has 1 aliphatic rings. The van der Waals surface area contributed by atoms with Gasteiger partial charge in [-0.05, 0) is 64.3 Å². The zero-order valence-electron chi connectivity index (χ0n) is 20.2. The second-order valence-corrected chi connectivity index (χ2v) is 9.80. The smallest absolute Gasteiger partial charge is 0.214 e. The number of fused-ring (bicyclic) bond motifs is 6. The Morgan fingerprint density at radius 2 is 1.92 bits per heavy atom. The average Bonchev–Trinajstić information content (AvgIpc) is 3.26. The van der Waals surface area contributed by atoms with Crippen LogP contribution in [0.2, 0.25) is 5.02 Å². The molecular formula is C28H23ClN4O3S. The van der Waals surface area contributed by atoms with Crippen molar-refractivity contribution < 1.29 is 14.6 Å². The standard InChI is InChI=1S/C28H23ClN4O3S/c1-33-26(31-32-27(33)37)28(34)18-7-9-23-21(13-18)20(15-25(30-23)35-2)17-5-3-4-16(12-17)10-11-36-24-14-19(28)6-8-22(24)29/h3-9,12-15,34H,10-11H2,1-2H3,(H,32,37). The minimum absolute atomic E-state index is 0.335. The molecule has 5 aromatic rings. The van der Waals surface area contributed by atoms with Gasteiger partial charge >= 0.3 is 0 Å². The number of aliphatic hydroxyl groups is 1. The van der Waals surface area contributed by atoms with Gasteiger partial charge in [-0.1, -0.05) is 48.0 Å². The summed E-state index contributed by atoms with van der Waals surface area (Å²) in [4.78, 5) is 4.66. The zero-order valence-corrected chi connectivity index (χ0v) is 21.7. The Balaban J connectivity index is 1.73. The van der Waals surface area contributed by atoms with Gasteiger partial charge in [-0.25, -0.2) is 4.98 Å². The minimum atomic E-state index is -1.68. The molecule has 0 fully saturated rings. The lowest BCUT2D eigenvalue weighted by molar-refractivity contribution is 0.111. The van der Waals surface area contributed by atoms with Crippen LogP contribution >= 0.6 is 23.8 Å². The van der Waals surface area contributed by atoms with Crippen LogP contribution in [0.1, 0.15) is 22.5 Å². The van der Waals surface area contributed by atoms with E-state index in [2.05, 4.69) is 33.4 Å². The normalized spacial score (nSPS) is 16.9. The summed E-state index contributed by atoms with van der Waals surface area (Å²) in [7, 11) is 3.37. The molecule has 2 aromatic heterocycles. The monoisotopic (exact) mass is 530 g/mol. The van der Waals surface area contributed by atoms with E-state index in [0.717, 1.165) is 27.6 Å². The Labute approximate surface area is 223 Å². The summed E-state index contributed by atoms with van der Waals surface area (Å²) in [6.45, 7) is 0.415. The van der Waals surface area contributed by atoms with E-state index in [0.29, 0.717) is 51.4 Å². The molecule has 186 valence electrons. The molecule has 6 bridgehead atoms. The van der Waals surface area contributed by atoms with Crippen LogP contribution in [-0.2, 0) is 19.1 Å². The maximum absolute atomic E-state index is 12.5. The van der Waals surface area contributed by atoms with Crippen molar-refractivity contribution in [2.45, 2.75) is 12.0 Å². The third-order valence-electron chi connectivity index (χ3n) is 6.85. The summed E-state index contributed by atoms with van der Waals surface area (Å²) >= 11 is 11.9. The van der Waals surface area contributed by atoms with Crippen LogP contribution < -0.4 is 9.47 Å². The van der Waals surface area contributed by atoms with Gasteiger partial charge in [0.1, 0.15) is 5.75 Å². The van der Waals surface area contributed by atoms with Gasteiger partial charge in [-0.3, -0.25) is 5.10 Å². The van der Waals surface area contributed by atoms with Gasteiger partial charge in [0.2, 0.25) is 5.88 Å². The molecule has 0 radical (unpaired) electrons. The Morgan fingerprint density at radius 3 is 2.70 bits per heavy atom. The van der Waals surface area contributed by atoms with Gasteiger partial charge in [-0.2, -0.15) is 5.10 Å². The van der Waals surface area contributed by atoms with Gasteiger partial charge in [0.25, 0.3) is 0 Å². The molecule has 6 rings (SSSR count). The maximum Gasteiger partial charge on any atom is 0.214 e. The van der Waals surface area contributed by atoms with E-state index in [4.69, 9.17) is 33.3 Å². The number of ether oxygens (including phenoxy) is 2. The number of aromatic nitrogens is 4. The Bertz CT molecular complexity index is 1730. The van der Waals surface area contributed by atoms with Crippen molar-refractivity contribution in [3.8, 4) is 22.8 Å². The van der Waals surface area contributed by atoms with Gasteiger partial charge in [0.15, 0.2) is 16.2 Å². The molecule has 1 unspecified atom stereocenters. The summed E-state index contributed by atoms with van der Waals surface area (Å²) in [5, 5.41) is 21.1. The van der Waals surface area contributed by atoms with Gasteiger partial charge < -0.3 is 19.1 Å². The lowest BCUT2D eigenvalue weighted by atomic mass is 9.84. The molecule has 3 heterocycles. The molecule has 0 amide bonds. The second kappa shape index (κ2) is 8.99. The van der Waals surface area contributed by atoms with E-state index in [1.807, 2.05) is 30.3 Å². The SMILES string of the molecule is COc1cc2c3cc(ccc3n1)C(O)(c1n[nH]c(=S)n1C)c1ccc(Cl)c(c1)OCCc1cccc-2c1. The van der Waals surface area contributed by atoms with Crippen LogP contribution in [0.15, 0.2) is 66.7 Å². The fourth-order valence-corrected chi connectivity index (χ4v) is 5.18. The summed E-state index contributed by atoms with van der Waals surface area (Å²) in [5.74, 6) is 1.33. The largest absolute Gasteiger partial charge is 0.492 e. The average molecular weight is 531 g/mol. The van der Waals surface area contributed by atoms with E-state index >= 15 is 0 Å². The third kappa shape index (κ3) is 3.89. The summed E-state index contributed by atoms with van der Waals surface area (Å²) in [6.07, 6.45) is 0.678. The lowest BCUT2D eigenvalue weighted by Crippen LogP contribution is -2.32. The van der Waals surface area contributed by atoms with Crippen molar-refractivity contribution in [1.29, 1.82) is 0 Å². The number of hydrogen-bond donors (Lipinski definition) is 2. The number of hydrogen-bond acceptors (Lipinski definition) is 6. The van der Waals surface area contributed by atoms with E-state index in [9.17, 15) is 5.11 Å². The van der Waals surface area contributed by atoms with Crippen molar-refractivity contribution in [3.05, 3.63) is 99.0 Å². The van der Waals surface area contributed by atoms with Crippen LogP contribution in [0.5, 0.6) is 11.6 Å². The number of aromatic amines is 1. The highest BCUT2D eigenvalue weighted by atomic mass is 35.5. The topological polar surface area (TPSA) is 85.2 Å². The fourth-order valence-electron chi connectivity index (χ4n) is 4.88. The number of benzene rings is 3. The summed E-state index contributed by atoms with van der Waals surface area (Å²) < 4.78 is 13.7. The minimum Gasteiger partial charge on any atom is -0.492 e. The van der Waals surface area contributed by atoms with Crippen LogP contribution in [0.3, 0.4) is 0 Å². The highest BCUT2D eigenvalue weighted by Gasteiger charge is 2.39. The van der Waals surface area contributed by atoms with Crippen LogP contribution in [0, 0.1) is 4.77 Å². The summed E-state index contributed by atoms with van der Waals surface area (Å²) in [6, 6.07) is 21.1. The number of halogens is 1. The molecule has 0 spiro atoms. The van der Waals surface area contributed by atoms with Gasteiger partial charge in [0.05, 0.1) is 24.3 Å². The first-order valence-corrected chi connectivity index (χ1v) is 12.5. The molecule has 1 aliphatic heterocycles. The van der Waals surface area contributed by atoms with Crippen molar-refractivity contribution in [1.82, 2.24) is 19.7 Å². The number of rotatable bonds is 2. The highest BCUT2D eigenvalue weighted by molar-refractivity contribution is 7.71. The molecule has 0 aliphatic carbocycles. The van der Waals surface area contributed by atoms with Crippen molar-refractivity contribution in [3.63, 3.8) is 0 Å². The first-order chi connectivity index (χ1) is 17.9. The number of methoxy groups -OCH3 is 1. The van der Waals surface area contributed by atoms with E-state index in [-0.39, 0.29) is 0 Å². The summed E-state index contributed by atoms with van der Waals surface area (Å²) in [5.41, 5.74) is 3.28. The number of nitrogens with zero attached hydrogens (tertiary/aromatic N) is 3. The lowest BCUT2D eigenvalue weighted by Gasteiger charge is -2.29. The maximum atomic E-state index is 12.5. The first-order valence-electron chi connectivity index (χ1n) is 11.7. The predicted octanol–water partition coefficient (Wildman–Crippen LogP) is 5.57. The number of nitrogens with one attached hydrogen (secondary N) is 1. The van der Waals surface area contributed by atoms with Crippen molar-refractivity contribution >= 4 is 34.7 Å².